The van der Waals surface area contributed by atoms with Crippen molar-refractivity contribution in [3.8, 4) is 11.5 Å². The second-order valence-corrected chi connectivity index (χ2v) is 3.72. The van der Waals surface area contributed by atoms with Crippen molar-refractivity contribution in [3.63, 3.8) is 0 Å². The number of hydrogen-bond acceptors (Lipinski definition) is 6. The second-order valence-electron chi connectivity index (χ2n) is 2.93. The molecule has 0 aliphatic heterocycles. The topological polar surface area (TPSA) is 105 Å². The highest BCUT2D eigenvalue weighted by molar-refractivity contribution is 9.10. The molecule has 0 unspecified atom stereocenters. The van der Waals surface area contributed by atoms with Gasteiger partial charge in [0.2, 0.25) is 0 Å². The third-order valence-electron chi connectivity index (χ3n) is 2.11. The lowest BCUT2D eigenvalue weighted by Gasteiger charge is -2.13. The Morgan fingerprint density at radius 3 is 2.24 bits per heavy atom. The van der Waals surface area contributed by atoms with Gasteiger partial charge in [0.05, 0.1) is 23.6 Å². The SMILES string of the molecule is COc1c(Br)c(N)c([N+](=O)[O-])c(C=O)c1OC. The lowest BCUT2D eigenvalue weighted by molar-refractivity contribution is -0.384. The van der Waals surface area contributed by atoms with E-state index in [1.54, 1.807) is 0 Å². The van der Waals surface area contributed by atoms with Gasteiger partial charge in [-0.3, -0.25) is 14.9 Å². The van der Waals surface area contributed by atoms with E-state index in [0.29, 0.717) is 6.29 Å². The molecule has 0 bridgehead atoms. The Kier molecular flexibility index (Phi) is 3.89. The van der Waals surface area contributed by atoms with Crippen molar-refractivity contribution in [3.05, 3.63) is 20.2 Å². The summed E-state index contributed by atoms with van der Waals surface area (Å²) in [5.41, 5.74) is 4.63. The fourth-order valence-corrected chi connectivity index (χ4v) is 1.92. The van der Waals surface area contributed by atoms with Crippen LogP contribution in [0.1, 0.15) is 10.4 Å². The van der Waals surface area contributed by atoms with Crippen LogP contribution < -0.4 is 15.2 Å². The molecule has 1 aromatic carbocycles. The molecule has 0 aliphatic rings. The number of anilines is 1. The molecule has 0 heterocycles. The highest BCUT2D eigenvalue weighted by atomic mass is 79.9. The molecule has 0 aromatic heterocycles. The summed E-state index contributed by atoms with van der Waals surface area (Å²) in [5, 5.41) is 10.9. The first kappa shape index (κ1) is 13.2. The number of methoxy groups -OCH3 is 2. The summed E-state index contributed by atoms with van der Waals surface area (Å²) in [4.78, 5) is 21.1. The Labute approximate surface area is 105 Å². The summed E-state index contributed by atoms with van der Waals surface area (Å²) < 4.78 is 10.1. The summed E-state index contributed by atoms with van der Waals surface area (Å²) >= 11 is 3.06. The Balaban J connectivity index is 3.81. The van der Waals surface area contributed by atoms with E-state index >= 15 is 0 Å². The smallest absolute Gasteiger partial charge is 0.307 e. The van der Waals surface area contributed by atoms with E-state index in [2.05, 4.69) is 15.9 Å². The lowest BCUT2D eigenvalue weighted by atomic mass is 10.1. The number of nitrogens with two attached hydrogens (primary N) is 1. The molecule has 2 N–H and O–H groups in total. The van der Waals surface area contributed by atoms with Crippen LogP contribution >= 0.6 is 15.9 Å². The maximum atomic E-state index is 10.9. The quantitative estimate of drug-likeness (QED) is 0.393. The number of aldehydes is 1. The number of rotatable bonds is 4. The van der Waals surface area contributed by atoms with E-state index in [-0.39, 0.29) is 27.2 Å². The molecule has 7 nitrogen and oxygen atoms in total. The van der Waals surface area contributed by atoms with Crippen LogP contribution in [0.25, 0.3) is 0 Å². The largest absolute Gasteiger partial charge is 0.492 e. The zero-order valence-electron chi connectivity index (χ0n) is 9.02. The minimum absolute atomic E-state index is 0.0322. The average molecular weight is 305 g/mol. The molecule has 0 saturated carbocycles. The van der Waals surface area contributed by atoms with Gasteiger partial charge >= 0.3 is 5.69 Å². The maximum Gasteiger partial charge on any atom is 0.307 e. The minimum atomic E-state index is -0.744. The molecule has 0 amide bonds. The third kappa shape index (κ3) is 2.03. The van der Waals surface area contributed by atoms with Gasteiger partial charge in [-0.25, -0.2) is 0 Å². The van der Waals surface area contributed by atoms with Gasteiger partial charge < -0.3 is 15.2 Å². The molecule has 0 fully saturated rings. The predicted octanol–water partition coefficient (Wildman–Crippen LogP) is 1.77. The molecule has 0 aliphatic carbocycles. The minimum Gasteiger partial charge on any atom is -0.492 e. The van der Waals surface area contributed by atoms with E-state index in [0.717, 1.165) is 0 Å². The first-order chi connectivity index (χ1) is 7.99. The number of carbonyl (C=O) groups excluding carboxylic acids is 1. The van der Waals surface area contributed by atoms with Crippen LogP contribution in [0.3, 0.4) is 0 Å². The molecule has 1 rings (SSSR count). The van der Waals surface area contributed by atoms with E-state index in [4.69, 9.17) is 15.2 Å². The maximum absolute atomic E-state index is 10.9. The van der Waals surface area contributed by atoms with Crippen LogP contribution in [-0.4, -0.2) is 25.4 Å². The fraction of sp³-hybridized carbons (Fsp3) is 0.222. The molecule has 8 heteroatoms. The van der Waals surface area contributed by atoms with Gasteiger partial charge in [0.15, 0.2) is 17.8 Å². The van der Waals surface area contributed by atoms with E-state index in [9.17, 15) is 14.9 Å². The van der Waals surface area contributed by atoms with Gasteiger partial charge in [0.25, 0.3) is 0 Å². The fourth-order valence-electron chi connectivity index (χ4n) is 1.39. The van der Waals surface area contributed by atoms with Crippen LogP contribution in [0, 0.1) is 10.1 Å². The molecule has 0 atom stereocenters. The van der Waals surface area contributed by atoms with Crippen molar-refractivity contribution in [2.24, 2.45) is 0 Å². The Morgan fingerprint density at radius 2 is 1.88 bits per heavy atom. The first-order valence-electron chi connectivity index (χ1n) is 4.32. The van der Waals surface area contributed by atoms with Gasteiger partial charge in [-0.2, -0.15) is 0 Å². The summed E-state index contributed by atoms with van der Waals surface area (Å²) in [6.45, 7) is 0. The third-order valence-corrected chi connectivity index (χ3v) is 2.89. The summed E-state index contributed by atoms with van der Waals surface area (Å²) in [5.74, 6) is 0.105. The van der Waals surface area contributed by atoms with Crippen LogP contribution in [0.4, 0.5) is 11.4 Å². The van der Waals surface area contributed by atoms with Crippen molar-refractivity contribution >= 4 is 33.6 Å². The highest BCUT2D eigenvalue weighted by Crippen LogP contribution is 2.47. The van der Waals surface area contributed by atoms with E-state index < -0.39 is 10.6 Å². The van der Waals surface area contributed by atoms with Crippen LogP contribution in [0.5, 0.6) is 11.5 Å². The molecular weight excluding hydrogens is 296 g/mol. The summed E-state index contributed by atoms with van der Waals surface area (Å²) in [6.07, 6.45) is 0.308. The van der Waals surface area contributed by atoms with Crippen LogP contribution in [0.2, 0.25) is 0 Å². The van der Waals surface area contributed by atoms with Gasteiger partial charge in [-0.15, -0.1) is 0 Å². The van der Waals surface area contributed by atoms with Gasteiger partial charge in [-0.1, -0.05) is 0 Å². The van der Waals surface area contributed by atoms with E-state index in [1.807, 2.05) is 0 Å². The zero-order valence-corrected chi connectivity index (χ0v) is 10.6. The number of nitrogen functional groups attached to an aromatic ring is 1. The standard InChI is InChI=1S/C9H9BrN2O5/c1-16-8-4(3-13)7(12(14)15)6(11)5(10)9(8)17-2/h3H,11H2,1-2H3. The summed E-state index contributed by atoms with van der Waals surface area (Å²) in [6, 6.07) is 0. The van der Waals surface area contributed by atoms with Gasteiger partial charge in [0, 0.05) is 0 Å². The van der Waals surface area contributed by atoms with Crippen LogP contribution in [0.15, 0.2) is 4.47 Å². The number of benzene rings is 1. The number of nitrogens with zero attached hydrogens (tertiary/aromatic N) is 1. The molecule has 1 aromatic rings. The lowest BCUT2D eigenvalue weighted by Crippen LogP contribution is -2.05. The zero-order chi connectivity index (χ0) is 13.2. The number of carbonyl (C=O) groups is 1. The van der Waals surface area contributed by atoms with Gasteiger partial charge in [-0.05, 0) is 15.9 Å². The Morgan fingerprint density at radius 1 is 1.35 bits per heavy atom. The van der Waals surface area contributed by atoms with Crippen molar-refractivity contribution < 1.29 is 19.2 Å². The second kappa shape index (κ2) is 5.00. The summed E-state index contributed by atoms with van der Waals surface area (Å²) in [7, 11) is 2.61. The van der Waals surface area contributed by atoms with E-state index in [1.165, 1.54) is 14.2 Å². The van der Waals surface area contributed by atoms with Gasteiger partial charge in [0.1, 0.15) is 11.3 Å². The highest BCUT2D eigenvalue weighted by Gasteiger charge is 2.29. The van der Waals surface area contributed by atoms with Crippen molar-refractivity contribution in [1.29, 1.82) is 0 Å². The number of ether oxygens (including phenoxy) is 2. The monoisotopic (exact) mass is 304 g/mol. The Hall–Kier alpha value is -1.83. The average Bonchev–Trinajstić information content (AvgIpc) is 2.30. The predicted molar refractivity (Wildman–Crippen MR) is 63.7 cm³/mol. The molecule has 17 heavy (non-hydrogen) atoms. The molecule has 0 spiro atoms. The number of nitro benzene ring substituents is 1. The number of hydrogen-bond donors (Lipinski definition) is 1. The number of halogens is 1. The van der Waals surface area contributed by atoms with Crippen LogP contribution in [-0.2, 0) is 0 Å². The van der Waals surface area contributed by atoms with Crippen molar-refractivity contribution in [2.75, 3.05) is 20.0 Å². The molecular formula is C9H9BrN2O5. The van der Waals surface area contributed by atoms with Crippen molar-refractivity contribution in [1.82, 2.24) is 0 Å². The first-order valence-corrected chi connectivity index (χ1v) is 5.11. The molecule has 0 radical (unpaired) electrons. The molecule has 0 saturated heterocycles. The number of nitro groups is 1. The Bertz CT molecular complexity index is 489. The normalized spacial score (nSPS) is 9.82. The molecule has 92 valence electrons. The van der Waals surface area contributed by atoms with Crippen molar-refractivity contribution in [2.45, 2.75) is 0 Å².